The molecule has 18 heavy (non-hydrogen) atoms. The summed E-state index contributed by atoms with van der Waals surface area (Å²) in [7, 11) is 0. The standard InChI is InChI=1S/C13H22N4O/c1-11-15-6-9-16(11)8-5-13(18)17-7-3-2-4-12(14)10-17/h6,9,12H,2-5,7-8,10,14H2,1H3/t12-/m0/s1. The van der Waals surface area contributed by atoms with Crippen LogP contribution < -0.4 is 5.73 Å². The molecular formula is C13H22N4O. The highest BCUT2D eigenvalue weighted by Gasteiger charge is 2.19. The fraction of sp³-hybridized carbons (Fsp3) is 0.692. The van der Waals surface area contributed by atoms with Crippen LogP contribution in [0, 0.1) is 6.92 Å². The lowest BCUT2D eigenvalue weighted by molar-refractivity contribution is -0.131. The van der Waals surface area contributed by atoms with Crippen molar-refractivity contribution in [1.82, 2.24) is 14.5 Å². The molecule has 1 aliphatic rings. The van der Waals surface area contributed by atoms with E-state index in [2.05, 4.69) is 4.98 Å². The van der Waals surface area contributed by atoms with Crippen LogP contribution in [-0.4, -0.2) is 39.5 Å². The van der Waals surface area contributed by atoms with Crippen LogP contribution in [0.1, 0.15) is 31.5 Å². The van der Waals surface area contributed by atoms with Gasteiger partial charge in [-0.15, -0.1) is 0 Å². The number of carbonyl (C=O) groups is 1. The molecule has 1 amide bonds. The number of hydrogen-bond acceptors (Lipinski definition) is 3. The number of likely N-dealkylation sites (tertiary alicyclic amines) is 1. The minimum absolute atomic E-state index is 0.145. The molecule has 2 heterocycles. The minimum Gasteiger partial charge on any atom is -0.341 e. The minimum atomic E-state index is 0.145. The molecule has 1 aromatic rings. The zero-order valence-electron chi connectivity index (χ0n) is 11.0. The van der Waals surface area contributed by atoms with Gasteiger partial charge in [-0.1, -0.05) is 6.42 Å². The van der Waals surface area contributed by atoms with Gasteiger partial charge < -0.3 is 15.2 Å². The van der Waals surface area contributed by atoms with Crippen LogP contribution in [0.15, 0.2) is 12.4 Å². The number of carbonyl (C=O) groups excluding carboxylic acids is 1. The van der Waals surface area contributed by atoms with Crippen molar-refractivity contribution in [2.45, 2.75) is 45.2 Å². The smallest absolute Gasteiger partial charge is 0.224 e. The summed E-state index contributed by atoms with van der Waals surface area (Å²) in [6.45, 7) is 4.22. The van der Waals surface area contributed by atoms with Crippen molar-refractivity contribution in [1.29, 1.82) is 0 Å². The number of hydrogen-bond donors (Lipinski definition) is 1. The lowest BCUT2D eigenvalue weighted by Gasteiger charge is -2.22. The predicted octanol–water partition coefficient (Wildman–Crippen LogP) is 0.921. The lowest BCUT2D eigenvalue weighted by Crippen LogP contribution is -2.40. The molecule has 0 aliphatic carbocycles. The summed E-state index contributed by atoms with van der Waals surface area (Å²) in [5.74, 6) is 1.16. The summed E-state index contributed by atoms with van der Waals surface area (Å²) in [4.78, 5) is 18.2. The average Bonchev–Trinajstić information content (AvgIpc) is 2.62. The molecule has 0 aromatic carbocycles. The summed E-state index contributed by atoms with van der Waals surface area (Å²) in [5.41, 5.74) is 5.97. The Balaban J connectivity index is 1.85. The first-order chi connectivity index (χ1) is 8.66. The van der Waals surface area contributed by atoms with E-state index in [-0.39, 0.29) is 11.9 Å². The van der Waals surface area contributed by atoms with Crippen LogP contribution in [0.25, 0.3) is 0 Å². The topological polar surface area (TPSA) is 64.2 Å². The van der Waals surface area contributed by atoms with E-state index in [0.29, 0.717) is 19.5 Å². The molecule has 0 saturated carbocycles. The Morgan fingerprint density at radius 3 is 3.11 bits per heavy atom. The van der Waals surface area contributed by atoms with Crippen molar-refractivity contribution in [3.05, 3.63) is 18.2 Å². The van der Waals surface area contributed by atoms with Crippen LogP contribution in [0.4, 0.5) is 0 Å². The van der Waals surface area contributed by atoms with E-state index in [1.807, 2.05) is 22.6 Å². The summed E-state index contributed by atoms with van der Waals surface area (Å²) in [6.07, 6.45) is 7.45. The summed E-state index contributed by atoms with van der Waals surface area (Å²) < 4.78 is 2.01. The number of amides is 1. The van der Waals surface area contributed by atoms with Crippen LogP contribution in [0.5, 0.6) is 0 Å². The lowest BCUT2D eigenvalue weighted by atomic mass is 10.2. The Labute approximate surface area is 108 Å². The molecule has 5 nitrogen and oxygen atoms in total. The van der Waals surface area contributed by atoms with Crippen molar-refractivity contribution in [3.8, 4) is 0 Å². The second-order valence-corrected chi connectivity index (χ2v) is 5.01. The van der Waals surface area contributed by atoms with E-state index < -0.39 is 0 Å². The molecule has 1 aromatic heterocycles. The zero-order chi connectivity index (χ0) is 13.0. The maximum atomic E-state index is 12.1. The van der Waals surface area contributed by atoms with Crippen LogP contribution in [0.3, 0.4) is 0 Å². The molecule has 100 valence electrons. The molecule has 5 heteroatoms. The highest BCUT2D eigenvalue weighted by molar-refractivity contribution is 5.76. The Morgan fingerprint density at radius 2 is 2.39 bits per heavy atom. The molecule has 1 saturated heterocycles. The first-order valence-electron chi connectivity index (χ1n) is 6.68. The Morgan fingerprint density at radius 1 is 1.56 bits per heavy atom. The monoisotopic (exact) mass is 250 g/mol. The Bertz CT molecular complexity index is 401. The number of nitrogens with zero attached hydrogens (tertiary/aromatic N) is 3. The fourth-order valence-electron chi connectivity index (χ4n) is 2.42. The maximum Gasteiger partial charge on any atom is 0.224 e. The molecule has 1 aliphatic heterocycles. The maximum absolute atomic E-state index is 12.1. The number of nitrogens with two attached hydrogens (primary N) is 1. The van der Waals surface area contributed by atoms with E-state index in [9.17, 15) is 4.79 Å². The Hall–Kier alpha value is -1.36. The van der Waals surface area contributed by atoms with Crippen LogP contribution >= 0.6 is 0 Å². The molecule has 2 N–H and O–H groups in total. The molecule has 1 atom stereocenters. The molecule has 0 spiro atoms. The van der Waals surface area contributed by atoms with Gasteiger partial charge in [-0.3, -0.25) is 4.79 Å². The quantitative estimate of drug-likeness (QED) is 0.867. The van der Waals surface area contributed by atoms with Crippen LogP contribution in [-0.2, 0) is 11.3 Å². The van der Waals surface area contributed by atoms with Crippen molar-refractivity contribution < 1.29 is 4.79 Å². The summed E-state index contributed by atoms with van der Waals surface area (Å²) in [5, 5.41) is 0. The fourth-order valence-corrected chi connectivity index (χ4v) is 2.42. The van der Waals surface area contributed by atoms with Gasteiger partial charge in [0.15, 0.2) is 0 Å². The molecule has 1 fully saturated rings. The van der Waals surface area contributed by atoms with Crippen molar-refractivity contribution in [2.75, 3.05) is 13.1 Å². The van der Waals surface area contributed by atoms with Gasteiger partial charge in [0, 0.05) is 44.5 Å². The third-order valence-electron chi connectivity index (χ3n) is 3.55. The van der Waals surface area contributed by atoms with Crippen LogP contribution in [0.2, 0.25) is 0 Å². The van der Waals surface area contributed by atoms with Crippen molar-refractivity contribution >= 4 is 5.91 Å². The first-order valence-corrected chi connectivity index (χ1v) is 6.68. The third-order valence-corrected chi connectivity index (χ3v) is 3.55. The highest BCUT2D eigenvalue weighted by atomic mass is 16.2. The number of imidazole rings is 1. The zero-order valence-corrected chi connectivity index (χ0v) is 11.0. The second-order valence-electron chi connectivity index (χ2n) is 5.01. The van der Waals surface area contributed by atoms with Gasteiger partial charge in [-0.25, -0.2) is 4.98 Å². The van der Waals surface area contributed by atoms with Gasteiger partial charge in [-0.2, -0.15) is 0 Å². The average molecular weight is 250 g/mol. The number of rotatable bonds is 3. The van der Waals surface area contributed by atoms with E-state index in [1.54, 1.807) is 6.20 Å². The number of aryl methyl sites for hydroxylation is 2. The second kappa shape index (κ2) is 6.00. The van der Waals surface area contributed by atoms with E-state index >= 15 is 0 Å². The van der Waals surface area contributed by atoms with Gasteiger partial charge in [0.25, 0.3) is 0 Å². The summed E-state index contributed by atoms with van der Waals surface area (Å²) >= 11 is 0. The summed E-state index contributed by atoms with van der Waals surface area (Å²) in [6, 6.07) is 0.145. The molecule has 0 unspecified atom stereocenters. The normalized spacial score (nSPS) is 20.8. The molecule has 0 radical (unpaired) electrons. The van der Waals surface area contributed by atoms with Crippen molar-refractivity contribution in [2.24, 2.45) is 5.73 Å². The number of aromatic nitrogens is 2. The van der Waals surface area contributed by atoms with Gasteiger partial charge in [-0.05, 0) is 19.8 Å². The van der Waals surface area contributed by atoms with Gasteiger partial charge in [0.1, 0.15) is 5.82 Å². The van der Waals surface area contributed by atoms with Gasteiger partial charge in [0.2, 0.25) is 5.91 Å². The van der Waals surface area contributed by atoms with Gasteiger partial charge >= 0.3 is 0 Å². The molecule has 2 rings (SSSR count). The Kier molecular flexibility index (Phi) is 4.36. The van der Waals surface area contributed by atoms with Crippen molar-refractivity contribution in [3.63, 3.8) is 0 Å². The predicted molar refractivity (Wildman–Crippen MR) is 70.0 cm³/mol. The highest BCUT2D eigenvalue weighted by Crippen LogP contribution is 2.11. The molecule has 0 bridgehead atoms. The third kappa shape index (κ3) is 3.32. The first kappa shape index (κ1) is 13.1. The molecular weight excluding hydrogens is 228 g/mol. The SMILES string of the molecule is Cc1nccn1CCC(=O)N1CCCC[C@H](N)C1. The van der Waals surface area contributed by atoms with E-state index in [1.165, 1.54) is 0 Å². The van der Waals surface area contributed by atoms with E-state index in [4.69, 9.17) is 5.73 Å². The largest absolute Gasteiger partial charge is 0.341 e. The van der Waals surface area contributed by atoms with Gasteiger partial charge in [0.05, 0.1) is 0 Å². The van der Waals surface area contributed by atoms with E-state index in [0.717, 1.165) is 31.6 Å².